The van der Waals surface area contributed by atoms with Gasteiger partial charge in [0.05, 0.1) is 20.3 Å². The van der Waals surface area contributed by atoms with Gasteiger partial charge in [0, 0.05) is 16.7 Å². The number of ether oxygens (including phenoxy) is 3. The molecule has 1 aromatic carbocycles. The van der Waals surface area contributed by atoms with Gasteiger partial charge in [-0.05, 0) is 36.1 Å². The second-order valence-corrected chi connectivity index (χ2v) is 9.40. The highest BCUT2D eigenvalue weighted by Crippen LogP contribution is 2.38. The van der Waals surface area contributed by atoms with Crippen molar-refractivity contribution in [2.24, 2.45) is 5.41 Å². The summed E-state index contributed by atoms with van der Waals surface area (Å²) in [6, 6.07) is 6.68. The van der Waals surface area contributed by atoms with Crippen LogP contribution in [-0.2, 0) is 4.79 Å². The molecule has 0 bridgehead atoms. The van der Waals surface area contributed by atoms with Crippen LogP contribution in [-0.4, -0.2) is 46.6 Å². The van der Waals surface area contributed by atoms with Crippen molar-refractivity contribution in [2.45, 2.75) is 50.6 Å². The van der Waals surface area contributed by atoms with E-state index >= 15 is 0 Å². The summed E-state index contributed by atoms with van der Waals surface area (Å²) in [5.74, 6) is 0.201. The number of hydrogen-bond acceptors (Lipinski definition) is 7. The summed E-state index contributed by atoms with van der Waals surface area (Å²) in [5, 5.41) is 10.6. The minimum Gasteiger partial charge on any atom is -0.481 e. The molecule has 2 atom stereocenters. The van der Waals surface area contributed by atoms with Crippen LogP contribution < -0.4 is 14.2 Å². The lowest BCUT2D eigenvalue weighted by atomic mass is 9.88. The molecule has 2 aromatic rings. The Morgan fingerprint density at radius 3 is 2.23 bits per heavy atom. The third-order valence-electron chi connectivity index (χ3n) is 4.40. The number of rotatable bonds is 9. The van der Waals surface area contributed by atoms with Crippen LogP contribution in [0.5, 0.6) is 17.5 Å². The summed E-state index contributed by atoms with van der Waals surface area (Å²) in [6.45, 7) is 7.93. The van der Waals surface area contributed by atoms with Crippen LogP contribution in [0.3, 0.4) is 0 Å². The first-order chi connectivity index (χ1) is 14.0. The highest BCUT2D eigenvalue weighted by molar-refractivity contribution is 7.99. The molecule has 0 spiro atoms. The number of thioether (sulfide) groups is 1. The summed E-state index contributed by atoms with van der Waals surface area (Å²) in [6.07, 6.45) is -0.803. The van der Waals surface area contributed by atoms with E-state index in [4.69, 9.17) is 25.8 Å². The number of halogens is 1. The second-order valence-electron chi connectivity index (χ2n) is 7.80. The van der Waals surface area contributed by atoms with Gasteiger partial charge in [0.1, 0.15) is 5.75 Å². The predicted molar refractivity (Wildman–Crippen MR) is 117 cm³/mol. The molecule has 2 rings (SSSR count). The molecular weight excluding hydrogens is 428 g/mol. The maximum atomic E-state index is 12.0. The largest absolute Gasteiger partial charge is 0.481 e. The third kappa shape index (κ3) is 6.67. The molecule has 0 aliphatic rings. The number of methoxy groups -OCH3 is 2. The normalized spacial score (nSPS) is 13.4. The van der Waals surface area contributed by atoms with E-state index in [0.717, 1.165) is 5.56 Å². The van der Waals surface area contributed by atoms with E-state index in [1.54, 1.807) is 24.3 Å². The number of aryl methyl sites for hydroxylation is 1. The van der Waals surface area contributed by atoms with Crippen molar-refractivity contribution in [1.29, 1.82) is 0 Å². The molecule has 0 fully saturated rings. The Kier molecular flexibility index (Phi) is 8.20. The number of carboxylic acid groups (broad SMARTS) is 1. The van der Waals surface area contributed by atoms with Crippen molar-refractivity contribution in [1.82, 2.24) is 9.97 Å². The number of hydrogen-bond donors (Lipinski definition) is 1. The van der Waals surface area contributed by atoms with E-state index in [1.165, 1.54) is 26.0 Å². The van der Waals surface area contributed by atoms with Gasteiger partial charge in [-0.3, -0.25) is 0 Å². The molecule has 0 aliphatic carbocycles. The van der Waals surface area contributed by atoms with Gasteiger partial charge in [0.2, 0.25) is 11.8 Å². The number of carboxylic acids is 1. The second kappa shape index (κ2) is 10.2. The average Bonchev–Trinajstić information content (AvgIpc) is 2.67. The monoisotopic (exact) mass is 454 g/mol. The van der Waals surface area contributed by atoms with Crippen molar-refractivity contribution in [3.8, 4) is 17.5 Å². The van der Waals surface area contributed by atoms with Crippen molar-refractivity contribution in [2.75, 3.05) is 14.2 Å². The van der Waals surface area contributed by atoms with Crippen molar-refractivity contribution in [3.63, 3.8) is 0 Å². The van der Waals surface area contributed by atoms with Crippen molar-refractivity contribution in [3.05, 3.63) is 34.9 Å². The SMILES string of the molecule is COc1cc(OC)nc(SC(CC(Oc2ccc(Cl)cc2C)C(=O)O)C(C)(C)C)n1. The molecule has 2 unspecified atom stereocenters. The van der Waals surface area contributed by atoms with Crippen LogP contribution in [0.2, 0.25) is 5.02 Å². The van der Waals surface area contributed by atoms with Crippen LogP contribution in [0, 0.1) is 12.3 Å². The molecule has 0 amide bonds. The number of nitrogens with zero attached hydrogens (tertiary/aromatic N) is 2. The van der Waals surface area contributed by atoms with Crippen LogP contribution in [0.15, 0.2) is 29.4 Å². The Hall–Kier alpha value is -2.19. The van der Waals surface area contributed by atoms with Gasteiger partial charge in [0.25, 0.3) is 0 Å². The smallest absolute Gasteiger partial charge is 0.344 e. The van der Waals surface area contributed by atoms with Gasteiger partial charge < -0.3 is 19.3 Å². The van der Waals surface area contributed by atoms with Gasteiger partial charge >= 0.3 is 5.97 Å². The Bertz CT molecular complexity index is 866. The number of aliphatic carboxylic acids is 1. The van der Waals surface area contributed by atoms with E-state index in [1.807, 2.05) is 27.7 Å². The first-order valence-electron chi connectivity index (χ1n) is 9.32. The highest BCUT2D eigenvalue weighted by Gasteiger charge is 2.34. The molecule has 1 aromatic heterocycles. The minimum absolute atomic E-state index is 0.164. The lowest BCUT2D eigenvalue weighted by Gasteiger charge is -2.31. The summed E-state index contributed by atoms with van der Waals surface area (Å²) in [4.78, 5) is 20.7. The third-order valence-corrected chi connectivity index (χ3v) is 6.21. The first-order valence-corrected chi connectivity index (χ1v) is 10.6. The van der Waals surface area contributed by atoms with E-state index in [-0.39, 0.29) is 17.1 Å². The molecule has 0 saturated carbocycles. The quantitative estimate of drug-likeness (QED) is 0.423. The van der Waals surface area contributed by atoms with E-state index in [2.05, 4.69) is 9.97 Å². The zero-order chi connectivity index (χ0) is 22.5. The average molecular weight is 455 g/mol. The number of aromatic nitrogens is 2. The molecule has 1 N–H and O–H groups in total. The zero-order valence-corrected chi connectivity index (χ0v) is 19.5. The van der Waals surface area contributed by atoms with Crippen LogP contribution >= 0.6 is 23.4 Å². The van der Waals surface area contributed by atoms with E-state index in [9.17, 15) is 9.90 Å². The Morgan fingerprint density at radius 1 is 1.17 bits per heavy atom. The molecule has 0 saturated heterocycles. The molecule has 7 nitrogen and oxygen atoms in total. The maximum absolute atomic E-state index is 12.0. The summed E-state index contributed by atoms with van der Waals surface area (Å²) >= 11 is 7.36. The van der Waals surface area contributed by atoms with Crippen LogP contribution in [0.4, 0.5) is 0 Å². The summed E-state index contributed by atoms with van der Waals surface area (Å²) < 4.78 is 16.3. The van der Waals surface area contributed by atoms with Crippen molar-refractivity contribution >= 4 is 29.3 Å². The van der Waals surface area contributed by atoms with Gasteiger partial charge in [0.15, 0.2) is 11.3 Å². The van der Waals surface area contributed by atoms with Gasteiger partial charge in [-0.25, -0.2) is 4.79 Å². The minimum atomic E-state index is -1.05. The van der Waals surface area contributed by atoms with E-state index < -0.39 is 12.1 Å². The molecular formula is C21H27ClN2O5S. The summed E-state index contributed by atoms with van der Waals surface area (Å²) in [7, 11) is 3.03. The van der Waals surface area contributed by atoms with Crippen LogP contribution in [0.25, 0.3) is 0 Å². The van der Waals surface area contributed by atoms with Gasteiger partial charge in [-0.1, -0.05) is 44.1 Å². The molecule has 1 heterocycles. The van der Waals surface area contributed by atoms with Gasteiger partial charge in [-0.2, -0.15) is 9.97 Å². The van der Waals surface area contributed by atoms with E-state index in [0.29, 0.717) is 27.7 Å². The predicted octanol–water partition coefficient (Wildman–Crippen LogP) is 4.88. The summed E-state index contributed by atoms with van der Waals surface area (Å²) in [5.41, 5.74) is 0.519. The molecule has 30 heavy (non-hydrogen) atoms. The molecule has 164 valence electrons. The Morgan fingerprint density at radius 2 is 1.77 bits per heavy atom. The standard InChI is InChI=1S/C21H27ClN2O5S/c1-12-9-13(22)7-8-14(12)29-15(19(25)26)10-16(21(2,3)4)30-20-23-17(27-5)11-18(24-20)28-6/h7-9,11,15-16H,10H2,1-6H3,(H,25,26). The fraction of sp³-hybridized carbons (Fsp3) is 0.476. The maximum Gasteiger partial charge on any atom is 0.344 e. The topological polar surface area (TPSA) is 90.8 Å². The van der Waals surface area contributed by atoms with Crippen molar-refractivity contribution < 1.29 is 24.1 Å². The number of benzene rings is 1. The lowest BCUT2D eigenvalue weighted by Crippen LogP contribution is -2.35. The lowest BCUT2D eigenvalue weighted by molar-refractivity contribution is -0.145. The Balaban J connectivity index is 2.28. The highest BCUT2D eigenvalue weighted by atomic mass is 35.5. The molecule has 9 heteroatoms. The Labute approximate surface area is 186 Å². The fourth-order valence-electron chi connectivity index (χ4n) is 2.64. The zero-order valence-electron chi connectivity index (χ0n) is 17.9. The molecule has 0 radical (unpaired) electrons. The number of carbonyl (C=O) groups is 1. The fourth-order valence-corrected chi connectivity index (χ4v) is 4.03. The van der Waals surface area contributed by atoms with Gasteiger partial charge in [-0.15, -0.1) is 0 Å². The van der Waals surface area contributed by atoms with Crippen LogP contribution in [0.1, 0.15) is 32.8 Å². The molecule has 0 aliphatic heterocycles. The first kappa shape index (κ1) is 24.1.